The molecule has 1 aliphatic carbocycles. The summed E-state index contributed by atoms with van der Waals surface area (Å²) in [6.45, 7) is 0. The summed E-state index contributed by atoms with van der Waals surface area (Å²) in [7, 11) is -1.58. The molecule has 1 saturated carbocycles. The largest absolute Gasteiger partial charge is 0.480 e. The van der Waals surface area contributed by atoms with Gasteiger partial charge in [0.15, 0.2) is 0 Å². The van der Waals surface area contributed by atoms with Gasteiger partial charge in [0, 0.05) is 5.41 Å². The van der Waals surface area contributed by atoms with E-state index in [1.165, 1.54) is 12.0 Å². The quantitative estimate of drug-likeness (QED) is 0.814. The summed E-state index contributed by atoms with van der Waals surface area (Å²) in [5, 5.41) is 17.5. The molecule has 0 saturated heterocycles. The van der Waals surface area contributed by atoms with Gasteiger partial charge >= 0.3 is 13.3 Å². The Morgan fingerprint density at radius 3 is 2.39 bits per heavy atom. The third-order valence-electron chi connectivity index (χ3n) is 3.14. The highest BCUT2D eigenvalue weighted by molar-refractivity contribution is 6.47. The Balaban J connectivity index is 2.29. The summed E-state index contributed by atoms with van der Waals surface area (Å²) in [6.07, 6.45) is -1.34. The zero-order valence-corrected chi connectivity index (χ0v) is 9.48. The zero-order chi connectivity index (χ0) is 13.4. The second kappa shape index (κ2) is 4.44. The molecule has 0 heterocycles. The van der Waals surface area contributed by atoms with Gasteiger partial charge in [0.2, 0.25) is 0 Å². The van der Waals surface area contributed by atoms with Gasteiger partial charge in [-0.25, -0.2) is 0 Å². The molecular formula is C12H12BF3O2. The van der Waals surface area contributed by atoms with Crippen molar-refractivity contribution in [3.63, 3.8) is 0 Å². The van der Waals surface area contributed by atoms with Crippen molar-refractivity contribution >= 4 is 7.12 Å². The highest BCUT2D eigenvalue weighted by Crippen LogP contribution is 2.50. The molecule has 0 aromatic heterocycles. The van der Waals surface area contributed by atoms with Crippen molar-refractivity contribution in [3.8, 4) is 0 Å². The molecule has 1 fully saturated rings. The maximum absolute atomic E-state index is 12.6. The zero-order valence-electron chi connectivity index (χ0n) is 9.48. The van der Waals surface area contributed by atoms with Crippen molar-refractivity contribution in [1.82, 2.24) is 0 Å². The van der Waals surface area contributed by atoms with Crippen LogP contribution in [-0.4, -0.2) is 17.2 Å². The van der Waals surface area contributed by atoms with Crippen LogP contribution in [0.4, 0.5) is 13.2 Å². The van der Waals surface area contributed by atoms with Gasteiger partial charge in [0.25, 0.3) is 0 Å². The maximum Gasteiger partial charge on any atom is 0.480 e. The summed E-state index contributed by atoms with van der Waals surface area (Å²) in [4.78, 5) is 0. The molecule has 0 unspecified atom stereocenters. The predicted octanol–water partition coefficient (Wildman–Crippen LogP) is 2.31. The molecule has 0 bridgehead atoms. The minimum Gasteiger partial charge on any atom is -0.424 e. The lowest BCUT2D eigenvalue weighted by Gasteiger charge is -2.14. The van der Waals surface area contributed by atoms with E-state index in [0.717, 1.165) is 25.0 Å². The van der Waals surface area contributed by atoms with Crippen molar-refractivity contribution in [3.05, 3.63) is 47.4 Å². The van der Waals surface area contributed by atoms with Crippen LogP contribution >= 0.6 is 0 Å². The fourth-order valence-electron chi connectivity index (χ4n) is 1.96. The van der Waals surface area contributed by atoms with Gasteiger partial charge in [-0.1, -0.05) is 30.3 Å². The summed E-state index contributed by atoms with van der Waals surface area (Å²) >= 11 is 0. The minimum absolute atomic E-state index is 0.467. The van der Waals surface area contributed by atoms with Gasteiger partial charge in [0.1, 0.15) is 0 Å². The molecule has 2 N–H and O–H groups in total. The standard InChI is InChI=1S/C12H12BF3O2/c14-12(15,16)10-3-1-2-9(8-10)11(4-5-11)6-7-13(17)18/h1-3,6-8,17-18H,4-5H2. The third-order valence-corrected chi connectivity index (χ3v) is 3.14. The predicted molar refractivity (Wildman–Crippen MR) is 61.7 cm³/mol. The van der Waals surface area contributed by atoms with Crippen LogP contribution in [0.2, 0.25) is 0 Å². The van der Waals surface area contributed by atoms with Crippen LogP contribution in [0, 0.1) is 0 Å². The van der Waals surface area contributed by atoms with Crippen LogP contribution in [0.5, 0.6) is 0 Å². The van der Waals surface area contributed by atoms with Gasteiger partial charge in [-0.3, -0.25) is 0 Å². The van der Waals surface area contributed by atoms with Crippen LogP contribution in [-0.2, 0) is 11.6 Å². The topological polar surface area (TPSA) is 40.5 Å². The van der Waals surface area contributed by atoms with E-state index in [-0.39, 0.29) is 0 Å². The molecule has 0 atom stereocenters. The average molecular weight is 256 g/mol. The van der Waals surface area contributed by atoms with E-state index in [2.05, 4.69) is 0 Å². The van der Waals surface area contributed by atoms with Crippen molar-refractivity contribution in [1.29, 1.82) is 0 Å². The number of hydrogen-bond donors (Lipinski definition) is 2. The number of alkyl halides is 3. The molecule has 18 heavy (non-hydrogen) atoms. The van der Waals surface area contributed by atoms with Gasteiger partial charge in [-0.05, 0) is 24.5 Å². The number of hydrogen-bond acceptors (Lipinski definition) is 2. The molecule has 0 spiro atoms. The summed E-state index contributed by atoms with van der Waals surface area (Å²) in [5.74, 6) is 1.19. The fraction of sp³-hybridized carbons (Fsp3) is 0.333. The van der Waals surface area contributed by atoms with E-state index in [4.69, 9.17) is 10.0 Å². The molecule has 1 aliphatic rings. The second-order valence-electron chi connectivity index (χ2n) is 4.51. The highest BCUT2D eigenvalue weighted by Gasteiger charge is 2.43. The lowest BCUT2D eigenvalue weighted by Crippen LogP contribution is -2.11. The van der Waals surface area contributed by atoms with Crippen molar-refractivity contribution in [2.45, 2.75) is 24.4 Å². The lowest BCUT2D eigenvalue weighted by molar-refractivity contribution is -0.137. The third kappa shape index (κ3) is 2.76. The Bertz CT molecular complexity index is 465. The van der Waals surface area contributed by atoms with Crippen LogP contribution in [0.1, 0.15) is 24.0 Å². The number of allylic oxidation sites excluding steroid dienone is 1. The highest BCUT2D eigenvalue weighted by atomic mass is 19.4. The second-order valence-corrected chi connectivity index (χ2v) is 4.51. The molecule has 96 valence electrons. The number of halogens is 3. The van der Waals surface area contributed by atoms with Crippen molar-refractivity contribution in [2.75, 3.05) is 0 Å². The van der Waals surface area contributed by atoms with Crippen LogP contribution < -0.4 is 0 Å². The lowest BCUT2D eigenvalue weighted by atomic mass is 9.85. The summed E-state index contributed by atoms with van der Waals surface area (Å²) in [6, 6.07) is 5.17. The Morgan fingerprint density at radius 1 is 1.22 bits per heavy atom. The first-order chi connectivity index (χ1) is 8.33. The van der Waals surface area contributed by atoms with Gasteiger partial charge in [-0.2, -0.15) is 13.2 Å². The number of rotatable bonds is 3. The van der Waals surface area contributed by atoms with E-state index >= 15 is 0 Å². The average Bonchev–Trinajstić information content (AvgIpc) is 3.07. The van der Waals surface area contributed by atoms with E-state index in [1.54, 1.807) is 12.1 Å². The SMILES string of the molecule is OB(O)C=CC1(c2cccc(C(F)(F)F)c2)CC1. The van der Waals surface area contributed by atoms with Crippen molar-refractivity contribution in [2.24, 2.45) is 0 Å². The van der Waals surface area contributed by atoms with E-state index in [0.29, 0.717) is 5.56 Å². The first-order valence-electron chi connectivity index (χ1n) is 5.57. The molecule has 1 aromatic carbocycles. The Hall–Kier alpha value is -1.27. The van der Waals surface area contributed by atoms with Gasteiger partial charge < -0.3 is 10.0 Å². The smallest absolute Gasteiger partial charge is 0.424 e. The first kappa shape index (κ1) is 13.2. The molecular weight excluding hydrogens is 244 g/mol. The first-order valence-corrected chi connectivity index (χ1v) is 5.57. The molecule has 0 amide bonds. The molecule has 0 radical (unpaired) electrons. The monoisotopic (exact) mass is 256 g/mol. The Morgan fingerprint density at radius 2 is 1.89 bits per heavy atom. The van der Waals surface area contributed by atoms with E-state index in [1.807, 2.05) is 0 Å². The fourth-order valence-corrected chi connectivity index (χ4v) is 1.96. The number of benzene rings is 1. The maximum atomic E-state index is 12.6. The van der Waals surface area contributed by atoms with E-state index in [9.17, 15) is 13.2 Å². The minimum atomic E-state index is -4.35. The van der Waals surface area contributed by atoms with Crippen LogP contribution in [0.25, 0.3) is 0 Å². The van der Waals surface area contributed by atoms with Gasteiger partial charge in [0.05, 0.1) is 5.56 Å². The summed E-state index contributed by atoms with van der Waals surface area (Å²) in [5.41, 5.74) is -0.580. The van der Waals surface area contributed by atoms with E-state index < -0.39 is 24.3 Å². The molecule has 1 aromatic rings. The van der Waals surface area contributed by atoms with Crippen molar-refractivity contribution < 1.29 is 23.2 Å². The van der Waals surface area contributed by atoms with Gasteiger partial charge in [-0.15, -0.1) is 0 Å². The molecule has 6 heteroatoms. The van der Waals surface area contributed by atoms with Crippen LogP contribution in [0.3, 0.4) is 0 Å². The molecule has 2 rings (SSSR count). The van der Waals surface area contributed by atoms with Crippen LogP contribution in [0.15, 0.2) is 36.3 Å². The summed E-state index contributed by atoms with van der Waals surface area (Å²) < 4.78 is 37.8. The molecule has 0 aliphatic heterocycles. The normalized spacial score (nSPS) is 18.1. The Kier molecular flexibility index (Phi) is 3.25. The molecule has 2 nitrogen and oxygen atoms in total. The Labute approximate surface area is 103 Å².